The van der Waals surface area contributed by atoms with Gasteiger partial charge in [0.15, 0.2) is 0 Å². The normalized spacial score (nSPS) is 10.3. The van der Waals surface area contributed by atoms with Gasteiger partial charge in [0.2, 0.25) is 5.91 Å². The van der Waals surface area contributed by atoms with Crippen LogP contribution in [0.1, 0.15) is 28.8 Å². The van der Waals surface area contributed by atoms with E-state index in [1.165, 1.54) is 0 Å². The molecule has 27 heavy (non-hydrogen) atoms. The standard InChI is InChI=1S/C20H22F2N2O3/c1-14-4-2-5-16(12-14)27-11-10-23-19(25)6-3-9-24-20(26)17-8-7-15(21)13-18(17)22/h2,4-5,7-8,12-13H,3,6,9-11H2,1H3,(H,23,25)(H,24,26). The quantitative estimate of drug-likeness (QED) is 0.661. The molecule has 2 aromatic carbocycles. The highest BCUT2D eigenvalue weighted by Gasteiger charge is 2.12. The maximum Gasteiger partial charge on any atom is 0.254 e. The molecule has 7 heteroatoms. The van der Waals surface area contributed by atoms with Crippen LogP contribution in [0.5, 0.6) is 5.75 Å². The number of aryl methyl sites for hydroxylation is 1. The Morgan fingerprint density at radius 3 is 2.59 bits per heavy atom. The highest BCUT2D eigenvalue weighted by Crippen LogP contribution is 2.12. The third-order valence-electron chi connectivity index (χ3n) is 3.72. The Kier molecular flexibility index (Phi) is 7.73. The molecule has 0 heterocycles. The van der Waals surface area contributed by atoms with Gasteiger partial charge >= 0.3 is 0 Å². The summed E-state index contributed by atoms with van der Waals surface area (Å²) in [6.45, 7) is 2.91. The zero-order valence-corrected chi connectivity index (χ0v) is 15.1. The number of amides is 2. The number of benzene rings is 2. The summed E-state index contributed by atoms with van der Waals surface area (Å²) in [6.07, 6.45) is 0.621. The van der Waals surface area contributed by atoms with Gasteiger partial charge in [-0.15, -0.1) is 0 Å². The van der Waals surface area contributed by atoms with Gasteiger partial charge < -0.3 is 15.4 Å². The molecule has 0 unspecified atom stereocenters. The zero-order valence-electron chi connectivity index (χ0n) is 15.1. The molecule has 2 N–H and O–H groups in total. The van der Waals surface area contributed by atoms with Crippen molar-refractivity contribution in [1.29, 1.82) is 0 Å². The molecule has 144 valence electrons. The van der Waals surface area contributed by atoms with Gasteiger partial charge in [-0.05, 0) is 43.2 Å². The van der Waals surface area contributed by atoms with E-state index in [4.69, 9.17) is 4.74 Å². The summed E-state index contributed by atoms with van der Waals surface area (Å²) in [5.41, 5.74) is 0.869. The van der Waals surface area contributed by atoms with Crippen LogP contribution in [0, 0.1) is 18.6 Å². The van der Waals surface area contributed by atoms with Crippen LogP contribution in [0.2, 0.25) is 0 Å². The van der Waals surface area contributed by atoms with Gasteiger partial charge in [-0.25, -0.2) is 8.78 Å². The van der Waals surface area contributed by atoms with Crippen molar-refractivity contribution in [2.45, 2.75) is 19.8 Å². The molecule has 0 fully saturated rings. The topological polar surface area (TPSA) is 67.4 Å². The number of hydrogen-bond acceptors (Lipinski definition) is 3. The fourth-order valence-corrected chi connectivity index (χ4v) is 2.37. The van der Waals surface area contributed by atoms with Crippen molar-refractivity contribution in [3.05, 3.63) is 65.2 Å². The van der Waals surface area contributed by atoms with Crippen LogP contribution in [0.25, 0.3) is 0 Å². The second-order valence-corrected chi connectivity index (χ2v) is 6.00. The van der Waals surface area contributed by atoms with E-state index < -0.39 is 17.5 Å². The summed E-state index contributed by atoms with van der Waals surface area (Å²) < 4.78 is 31.8. The smallest absolute Gasteiger partial charge is 0.254 e. The molecule has 0 aromatic heterocycles. The average Bonchev–Trinajstić information content (AvgIpc) is 2.62. The number of rotatable bonds is 9. The van der Waals surface area contributed by atoms with E-state index >= 15 is 0 Å². The molecular formula is C20H22F2N2O3. The molecule has 0 aliphatic rings. The van der Waals surface area contributed by atoms with Crippen molar-refractivity contribution in [1.82, 2.24) is 10.6 Å². The minimum Gasteiger partial charge on any atom is -0.492 e. The van der Waals surface area contributed by atoms with E-state index in [-0.39, 0.29) is 24.4 Å². The summed E-state index contributed by atoms with van der Waals surface area (Å²) in [7, 11) is 0. The maximum absolute atomic E-state index is 13.5. The van der Waals surface area contributed by atoms with Crippen LogP contribution in [-0.4, -0.2) is 31.5 Å². The number of carbonyl (C=O) groups is 2. The van der Waals surface area contributed by atoms with E-state index in [0.29, 0.717) is 25.6 Å². The van der Waals surface area contributed by atoms with Gasteiger partial charge in [0.05, 0.1) is 12.1 Å². The highest BCUT2D eigenvalue weighted by atomic mass is 19.1. The average molecular weight is 376 g/mol. The number of ether oxygens (including phenoxy) is 1. The van der Waals surface area contributed by atoms with Crippen molar-refractivity contribution < 1.29 is 23.1 Å². The van der Waals surface area contributed by atoms with Gasteiger partial charge in [0, 0.05) is 19.0 Å². The molecule has 0 saturated heterocycles. The molecule has 0 saturated carbocycles. The second kappa shape index (κ2) is 10.3. The summed E-state index contributed by atoms with van der Waals surface area (Å²) in [4.78, 5) is 23.5. The fraction of sp³-hybridized carbons (Fsp3) is 0.300. The first-order valence-corrected chi connectivity index (χ1v) is 8.65. The number of carbonyl (C=O) groups excluding carboxylic acids is 2. The van der Waals surface area contributed by atoms with Crippen LogP contribution in [-0.2, 0) is 4.79 Å². The summed E-state index contributed by atoms with van der Waals surface area (Å²) in [5.74, 6) is -1.71. The minimum absolute atomic E-state index is 0.162. The first kappa shape index (κ1) is 20.4. The summed E-state index contributed by atoms with van der Waals surface area (Å²) >= 11 is 0. The molecule has 0 aliphatic heterocycles. The van der Waals surface area contributed by atoms with E-state index in [9.17, 15) is 18.4 Å². The first-order valence-electron chi connectivity index (χ1n) is 8.65. The first-order chi connectivity index (χ1) is 13.0. The number of nitrogens with one attached hydrogen (secondary N) is 2. The van der Waals surface area contributed by atoms with Crippen LogP contribution < -0.4 is 15.4 Å². The molecule has 0 aliphatic carbocycles. The monoisotopic (exact) mass is 376 g/mol. The molecule has 0 bridgehead atoms. The Bertz CT molecular complexity index is 797. The molecule has 0 atom stereocenters. The SMILES string of the molecule is Cc1cccc(OCCNC(=O)CCCNC(=O)c2ccc(F)cc2F)c1. The van der Waals surface area contributed by atoms with Crippen molar-refractivity contribution >= 4 is 11.8 Å². The predicted octanol–water partition coefficient (Wildman–Crippen LogP) is 2.98. The molecule has 2 amide bonds. The lowest BCUT2D eigenvalue weighted by atomic mass is 10.2. The van der Waals surface area contributed by atoms with Crippen LogP contribution >= 0.6 is 0 Å². The third kappa shape index (κ3) is 7.05. The minimum atomic E-state index is -0.918. The Hall–Kier alpha value is -2.96. The largest absolute Gasteiger partial charge is 0.492 e. The highest BCUT2D eigenvalue weighted by molar-refractivity contribution is 5.94. The lowest BCUT2D eigenvalue weighted by Crippen LogP contribution is -2.30. The van der Waals surface area contributed by atoms with Crippen molar-refractivity contribution in [3.63, 3.8) is 0 Å². The predicted molar refractivity (Wildman–Crippen MR) is 97.6 cm³/mol. The summed E-state index contributed by atoms with van der Waals surface area (Å²) in [5, 5.41) is 5.23. The van der Waals surface area contributed by atoms with Crippen molar-refractivity contribution in [2.75, 3.05) is 19.7 Å². The van der Waals surface area contributed by atoms with Crippen molar-refractivity contribution in [3.8, 4) is 5.75 Å². The second-order valence-electron chi connectivity index (χ2n) is 6.00. The molecular weight excluding hydrogens is 354 g/mol. The molecule has 0 radical (unpaired) electrons. The van der Waals surface area contributed by atoms with E-state index in [0.717, 1.165) is 23.4 Å². The van der Waals surface area contributed by atoms with Gasteiger partial charge in [0.1, 0.15) is 24.0 Å². The number of hydrogen-bond donors (Lipinski definition) is 2. The van der Waals surface area contributed by atoms with Crippen LogP contribution in [0.4, 0.5) is 8.78 Å². The van der Waals surface area contributed by atoms with E-state index in [1.807, 2.05) is 31.2 Å². The fourth-order valence-electron chi connectivity index (χ4n) is 2.37. The van der Waals surface area contributed by atoms with Crippen molar-refractivity contribution in [2.24, 2.45) is 0 Å². The third-order valence-corrected chi connectivity index (χ3v) is 3.72. The van der Waals surface area contributed by atoms with Crippen LogP contribution in [0.3, 0.4) is 0 Å². The lowest BCUT2D eigenvalue weighted by molar-refractivity contribution is -0.121. The van der Waals surface area contributed by atoms with Gasteiger partial charge in [-0.1, -0.05) is 12.1 Å². The summed E-state index contributed by atoms with van der Waals surface area (Å²) in [6, 6.07) is 10.4. The molecule has 2 rings (SSSR count). The Labute approximate surface area is 156 Å². The van der Waals surface area contributed by atoms with Gasteiger partial charge in [-0.2, -0.15) is 0 Å². The molecule has 2 aromatic rings. The van der Waals surface area contributed by atoms with E-state index in [2.05, 4.69) is 10.6 Å². The Morgan fingerprint density at radius 2 is 1.85 bits per heavy atom. The van der Waals surface area contributed by atoms with E-state index in [1.54, 1.807) is 0 Å². The van der Waals surface area contributed by atoms with Crippen LogP contribution in [0.15, 0.2) is 42.5 Å². The number of halogens is 2. The Morgan fingerprint density at radius 1 is 1.04 bits per heavy atom. The maximum atomic E-state index is 13.5. The Balaban J connectivity index is 1.58. The van der Waals surface area contributed by atoms with Gasteiger partial charge in [-0.3, -0.25) is 9.59 Å². The zero-order chi connectivity index (χ0) is 19.6. The molecule has 5 nitrogen and oxygen atoms in total. The lowest BCUT2D eigenvalue weighted by Gasteiger charge is -2.09. The molecule has 0 spiro atoms. The van der Waals surface area contributed by atoms with Gasteiger partial charge in [0.25, 0.3) is 5.91 Å².